The van der Waals surface area contributed by atoms with Gasteiger partial charge in [-0.05, 0) is 30.2 Å². The molecule has 1 unspecified atom stereocenters. The van der Waals surface area contributed by atoms with Gasteiger partial charge in [-0.15, -0.1) is 0 Å². The summed E-state index contributed by atoms with van der Waals surface area (Å²) in [6, 6.07) is 5.72. The largest absolute Gasteiger partial charge is 0.507 e. The summed E-state index contributed by atoms with van der Waals surface area (Å²) in [5, 5.41) is 11.5. The summed E-state index contributed by atoms with van der Waals surface area (Å²) in [7, 11) is 2.87. The molecule has 3 rings (SSSR count). The third kappa shape index (κ3) is 4.37. The third-order valence-electron chi connectivity index (χ3n) is 5.29. The van der Waals surface area contributed by atoms with Crippen LogP contribution in [-0.4, -0.2) is 47.4 Å². The summed E-state index contributed by atoms with van der Waals surface area (Å²) in [6.45, 7) is 2.47. The van der Waals surface area contributed by atoms with Gasteiger partial charge in [-0.1, -0.05) is 31.4 Å². The molecule has 1 fully saturated rings. The van der Waals surface area contributed by atoms with Crippen molar-refractivity contribution >= 4 is 29.1 Å². The second kappa shape index (κ2) is 9.83. The van der Waals surface area contributed by atoms with Crippen LogP contribution < -0.4 is 9.47 Å². The van der Waals surface area contributed by atoms with Crippen molar-refractivity contribution < 1.29 is 24.2 Å². The monoisotopic (exact) mass is 444 g/mol. The molecule has 1 aliphatic heterocycles. The fourth-order valence-corrected chi connectivity index (χ4v) is 3.96. The number of amides is 1. The molecule has 0 saturated carbocycles. The van der Waals surface area contributed by atoms with Crippen molar-refractivity contribution in [1.82, 2.24) is 9.88 Å². The number of carbonyl (C=O) groups is 2. The van der Waals surface area contributed by atoms with Crippen LogP contribution >= 0.6 is 11.6 Å². The number of aliphatic hydroxyl groups excluding tert-OH is 1. The Balaban J connectivity index is 2.20. The minimum atomic E-state index is -0.744. The molecule has 0 radical (unpaired) electrons. The van der Waals surface area contributed by atoms with Crippen molar-refractivity contribution in [3.05, 3.63) is 58.4 Å². The van der Waals surface area contributed by atoms with Gasteiger partial charge in [0, 0.05) is 25.0 Å². The third-order valence-corrected chi connectivity index (χ3v) is 5.59. The molecule has 7 nitrogen and oxygen atoms in total. The summed E-state index contributed by atoms with van der Waals surface area (Å²) >= 11 is 6.18. The van der Waals surface area contributed by atoms with Crippen LogP contribution in [0.5, 0.6) is 11.5 Å². The Kier molecular flexibility index (Phi) is 7.17. The summed E-state index contributed by atoms with van der Waals surface area (Å²) in [5.74, 6) is -1.16. The SMILES string of the molecule is CCCCCN1C(=O)C(=O)/C(=C(/O)c2cc(OC)c(Cl)cc2OC)C1c1ccncc1. The minimum absolute atomic E-state index is 0.00428. The van der Waals surface area contributed by atoms with E-state index in [0.29, 0.717) is 22.9 Å². The summed E-state index contributed by atoms with van der Waals surface area (Å²) in [6.07, 6.45) is 5.84. The Morgan fingerprint density at radius 3 is 2.42 bits per heavy atom. The zero-order chi connectivity index (χ0) is 22.5. The molecule has 8 heteroatoms. The number of Topliss-reactive ketones (excluding diaryl/α,β-unsaturated/α-hetero) is 1. The highest BCUT2D eigenvalue weighted by molar-refractivity contribution is 6.46. The van der Waals surface area contributed by atoms with Gasteiger partial charge in [0.05, 0.1) is 36.4 Å². The molecule has 0 spiro atoms. The fourth-order valence-electron chi connectivity index (χ4n) is 3.73. The molecule has 2 heterocycles. The Bertz CT molecular complexity index is 1010. The molecule has 1 amide bonds. The predicted octanol–water partition coefficient (Wildman–Crippen LogP) is 4.36. The van der Waals surface area contributed by atoms with Crippen LogP contribution in [0.3, 0.4) is 0 Å². The number of rotatable bonds is 8. The van der Waals surface area contributed by atoms with E-state index < -0.39 is 17.7 Å². The van der Waals surface area contributed by atoms with Crippen molar-refractivity contribution in [2.75, 3.05) is 20.8 Å². The molecule has 164 valence electrons. The summed E-state index contributed by atoms with van der Waals surface area (Å²) < 4.78 is 10.6. The van der Waals surface area contributed by atoms with Crippen molar-refractivity contribution in [2.45, 2.75) is 32.2 Å². The van der Waals surface area contributed by atoms with Crippen molar-refractivity contribution in [3.8, 4) is 11.5 Å². The molecule has 31 heavy (non-hydrogen) atoms. The van der Waals surface area contributed by atoms with E-state index >= 15 is 0 Å². The zero-order valence-corrected chi connectivity index (χ0v) is 18.5. The number of ketones is 1. The lowest BCUT2D eigenvalue weighted by molar-refractivity contribution is -0.139. The Hall–Kier alpha value is -3.06. The maximum Gasteiger partial charge on any atom is 0.295 e. The first-order valence-corrected chi connectivity index (χ1v) is 10.4. The fraction of sp³-hybridized carbons (Fsp3) is 0.348. The average Bonchev–Trinajstić information content (AvgIpc) is 3.04. The normalized spacial score (nSPS) is 17.8. The van der Waals surface area contributed by atoms with Crippen molar-refractivity contribution in [3.63, 3.8) is 0 Å². The zero-order valence-electron chi connectivity index (χ0n) is 17.7. The number of aromatic nitrogens is 1. The van der Waals surface area contributed by atoms with E-state index in [1.165, 1.54) is 31.3 Å². The maximum atomic E-state index is 13.0. The van der Waals surface area contributed by atoms with Crippen molar-refractivity contribution in [1.29, 1.82) is 0 Å². The van der Waals surface area contributed by atoms with Gasteiger partial charge >= 0.3 is 0 Å². The Morgan fingerprint density at radius 1 is 1.13 bits per heavy atom. The lowest BCUT2D eigenvalue weighted by atomic mass is 9.95. The van der Waals surface area contributed by atoms with Crippen LogP contribution in [-0.2, 0) is 9.59 Å². The topological polar surface area (TPSA) is 89.0 Å². The lowest BCUT2D eigenvalue weighted by Gasteiger charge is -2.25. The number of ether oxygens (including phenoxy) is 2. The molecule has 1 aromatic heterocycles. The number of pyridine rings is 1. The highest BCUT2D eigenvalue weighted by Gasteiger charge is 2.46. The molecule has 1 N–H and O–H groups in total. The van der Waals surface area contributed by atoms with Crippen LogP contribution in [0.25, 0.3) is 5.76 Å². The lowest BCUT2D eigenvalue weighted by Crippen LogP contribution is -2.30. The van der Waals surface area contributed by atoms with E-state index in [0.717, 1.165) is 19.3 Å². The quantitative estimate of drug-likeness (QED) is 0.281. The van der Waals surface area contributed by atoms with Crippen molar-refractivity contribution in [2.24, 2.45) is 0 Å². The van der Waals surface area contributed by atoms with Gasteiger partial charge in [0.2, 0.25) is 0 Å². The van der Waals surface area contributed by atoms with Gasteiger partial charge < -0.3 is 19.5 Å². The van der Waals surface area contributed by atoms with E-state index in [9.17, 15) is 14.7 Å². The average molecular weight is 445 g/mol. The molecule has 1 aliphatic rings. The number of hydrogen-bond acceptors (Lipinski definition) is 6. The highest BCUT2D eigenvalue weighted by Crippen LogP contribution is 2.43. The number of nitrogens with zero attached hydrogens (tertiary/aromatic N) is 2. The molecular weight excluding hydrogens is 420 g/mol. The maximum absolute atomic E-state index is 13.0. The van der Waals surface area contributed by atoms with Crippen LogP contribution in [0, 0.1) is 0 Å². The van der Waals surface area contributed by atoms with Gasteiger partial charge in [0.1, 0.15) is 17.3 Å². The minimum Gasteiger partial charge on any atom is -0.507 e. The first-order valence-electron chi connectivity index (χ1n) is 10.0. The number of hydrogen-bond donors (Lipinski definition) is 1. The highest BCUT2D eigenvalue weighted by atomic mass is 35.5. The number of benzene rings is 1. The van der Waals surface area contributed by atoms with E-state index in [1.807, 2.05) is 0 Å². The van der Waals surface area contributed by atoms with E-state index in [1.54, 1.807) is 24.5 Å². The second-order valence-electron chi connectivity index (χ2n) is 7.17. The number of likely N-dealkylation sites (tertiary alicyclic amines) is 1. The standard InChI is InChI=1S/C23H25ClN2O5/c1-4-5-6-11-26-20(14-7-9-25-10-8-14)19(22(28)23(26)29)21(27)15-12-18(31-3)16(24)13-17(15)30-2/h7-10,12-13,20,27H,4-6,11H2,1-3H3/b21-19+. The number of unbranched alkanes of at least 4 members (excludes halogenated alkanes) is 2. The van der Waals surface area contributed by atoms with Gasteiger partial charge in [-0.2, -0.15) is 0 Å². The van der Waals surface area contributed by atoms with Crippen LogP contribution in [0.2, 0.25) is 5.02 Å². The van der Waals surface area contributed by atoms with Gasteiger partial charge in [0.15, 0.2) is 0 Å². The molecule has 1 saturated heterocycles. The van der Waals surface area contributed by atoms with Crippen LogP contribution in [0.15, 0.2) is 42.2 Å². The van der Waals surface area contributed by atoms with E-state index in [-0.39, 0.29) is 22.6 Å². The van der Waals surface area contributed by atoms with Gasteiger partial charge in [-0.25, -0.2) is 0 Å². The van der Waals surface area contributed by atoms with E-state index in [4.69, 9.17) is 21.1 Å². The van der Waals surface area contributed by atoms with Crippen LogP contribution in [0.4, 0.5) is 0 Å². The molecule has 0 aliphatic carbocycles. The number of methoxy groups -OCH3 is 2. The Morgan fingerprint density at radius 2 is 1.81 bits per heavy atom. The molecule has 1 aromatic carbocycles. The van der Waals surface area contributed by atoms with Crippen LogP contribution in [0.1, 0.15) is 43.4 Å². The molecule has 0 bridgehead atoms. The number of halogens is 1. The molecular formula is C23H25ClN2O5. The summed E-state index contributed by atoms with van der Waals surface area (Å²) in [5.41, 5.74) is 0.900. The first-order chi connectivity index (χ1) is 14.9. The molecule has 2 aromatic rings. The van der Waals surface area contributed by atoms with Gasteiger partial charge in [0.25, 0.3) is 11.7 Å². The number of carbonyl (C=O) groups excluding carboxylic acids is 2. The predicted molar refractivity (Wildman–Crippen MR) is 117 cm³/mol. The smallest absolute Gasteiger partial charge is 0.295 e. The van der Waals surface area contributed by atoms with Gasteiger partial charge in [-0.3, -0.25) is 14.6 Å². The second-order valence-corrected chi connectivity index (χ2v) is 7.57. The first kappa shape index (κ1) is 22.6. The molecule has 1 atom stereocenters. The number of aliphatic hydroxyl groups is 1. The Labute approximate surface area is 186 Å². The summed E-state index contributed by atoms with van der Waals surface area (Å²) in [4.78, 5) is 31.5. The van der Waals surface area contributed by atoms with E-state index in [2.05, 4.69) is 11.9 Å².